The second kappa shape index (κ2) is 5.09. The van der Waals surface area contributed by atoms with Crippen molar-refractivity contribution >= 4 is 11.3 Å². The van der Waals surface area contributed by atoms with Crippen molar-refractivity contribution in [2.45, 2.75) is 38.8 Å². The van der Waals surface area contributed by atoms with Gasteiger partial charge in [0.05, 0.1) is 0 Å². The van der Waals surface area contributed by atoms with Gasteiger partial charge in [0.15, 0.2) is 0 Å². The number of aryl methyl sites for hydroxylation is 1. The lowest BCUT2D eigenvalue weighted by molar-refractivity contribution is 0.220. The van der Waals surface area contributed by atoms with E-state index in [1.165, 1.54) is 48.7 Å². The highest BCUT2D eigenvalue weighted by Gasteiger charge is 2.33. The lowest BCUT2D eigenvalue weighted by atomic mass is 9.94. The maximum Gasteiger partial charge on any atom is 0.0302 e. The molecule has 94 valence electrons. The molecule has 3 heteroatoms. The van der Waals surface area contributed by atoms with Crippen molar-refractivity contribution in [3.8, 4) is 0 Å². The van der Waals surface area contributed by atoms with Crippen LogP contribution in [0.25, 0.3) is 0 Å². The predicted octanol–water partition coefficient (Wildman–Crippen LogP) is 2.49. The lowest BCUT2D eigenvalue weighted by Crippen LogP contribution is -2.43. The van der Waals surface area contributed by atoms with Gasteiger partial charge in [-0.3, -0.25) is 0 Å². The Labute approximate surface area is 108 Å². The summed E-state index contributed by atoms with van der Waals surface area (Å²) in [5.41, 5.74) is 0. The zero-order valence-corrected chi connectivity index (χ0v) is 11.4. The minimum absolute atomic E-state index is 0.765. The number of thiophene rings is 1. The molecule has 1 aromatic heterocycles. The molecule has 1 aromatic rings. The predicted molar refractivity (Wildman–Crippen MR) is 73.5 cm³/mol. The summed E-state index contributed by atoms with van der Waals surface area (Å²) in [6.45, 7) is 7.28. The molecule has 0 saturated carbocycles. The first-order chi connectivity index (χ1) is 8.35. The minimum Gasteiger partial charge on any atom is -0.309 e. The number of nitrogens with zero attached hydrogens (tertiary/aromatic N) is 1. The van der Waals surface area contributed by atoms with E-state index in [-0.39, 0.29) is 0 Å². The van der Waals surface area contributed by atoms with Crippen molar-refractivity contribution in [1.82, 2.24) is 10.2 Å². The highest BCUT2D eigenvalue weighted by molar-refractivity contribution is 7.11. The summed E-state index contributed by atoms with van der Waals surface area (Å²) in [4.78, 5) is 5.63. The van der Waals surface area contributed by atoms with E-state index in [1.54, 1.807) is 0 Å². The Morgan fingerprint density at radius 2 is 2.12 bits per heavy atom. The third-order valence-electron chi connectivity index (χ3n) is 4.24. The molecule has 2 nitrogen and oxygen atoms in total. The Balaban J connectivity index is 1.53. The van der Waals surface area contributed by atoms with Crippen molar-refractivity contribution in [3.05, 3.63) is 21.9 Å². The van der Waals surface area contributed by atoms with Crippen LogP contribution in [0.4, 0.5) is 0 Å². The zero-order chi connectivity index (χ0) is 11.7. The molecule has 2 saturated heterocycles. The second-order valence-corrected chi connectivity index (χ2v) is 6.60. The number of hydrogen-bond acceptors (Lipinski definition) is 3. The van der Waals surface area contributed by atoms with E-state index in [9.17, 15) is 0 Å². The zero-order valence-electron chi connectivity index (χ0n) is 10.6. The van der Waals surface area contributed by atoms with Gasteiger partial charge >= 0.3 is 0 Å². The number of hydrogen-bond donors (Lipinski definition) is 1. The van der Waals surface area contributed by atoms with Crippen molar-refractivity contribution in [2.24, 2.45) is 5.92 Å². The van der Waals surface area contributed by atoms with Crippen LogP contribution in [0.15, 0.2) is 12.1 Å². The van der Waals surface area contributed by atoms with E-state index < -0.39 is 0 Å². The largest absolute Gasteiger partial charge is 0.309 e. The molecule has 0 amide bonds. The van der Waals surface area contributed by atoms with Crippen molar-refractivity contribution in [2.75, 3.05) is 19.6 Å². The molecule has 2 fully saturated rings. The van der Waals surface area contributed by atoms with E-state index in [4.69, 9.17) is 0 Å². The fraction of sp³-hybridized carbons (Fsp3) is 0.714. The molecule has 2 bridgehead atoms. The Morgan fingerprint density at radius 1 is 1.29 bits per heavy atom. The normalized spacial score (nSPS) is 31.9. The van der Waals surface area contributed by atoms with Crippen LogP contribution in [0.2, 0.25) is 0 Å². The van der Waals surface area contributed by atoms with Gasteiger partial charge < -0.3 is 10.2 Å². The van der Waals surface area contributed by atoms with Gasteiger partial charge in [0.25, 0.3) is 0 Å². The first kappa shape index (κ1) is 11.7. The molecule has 2 aliphatic rings. The van der Waals surface area contributed by atoms with Gasteiger partial charge in [0.2, 0.25) is 0 Å². The summed E-state index contributed by atoms with van der Waals surface area (Å²) >= 11 is 1.97. The number of nitrogens with one attached hydrogen (secondary N) is 1. The minimum atomic E-state index is 0.765. The molecular formula is C14H22N2S. The molecule has 17 heavy (non-hydrogen) atoms. The standard InChI is InChI=1S/C14H22N2S/c1-2-12-3-4-13(17-12)9-15-14-6-8-16-7-5-11(14)10-16/h3-4,11,14-15H,2,5-10H2,1H3. The molecular weight excluding hydrogens is 228 g/mol. The average molecular weight is 250 g/mol. The van der Waals surface area contributed by atoms with E-state index in [2.05, 4.69) is 29.3 Å². The van der Waals surface area contributed by atoms with Crippen molar-refractivity contribution in [3.63, 3.8) is 0 Å². The molecule has 1 N–H and O–H groups in total. The molecule has 3 heterocycles. The second-order valence-electron chi connectivity index (χ2n) is 5.35. The fourth-order valence-electron chi connectivity index (χ4n) is 3.16. The summed E-state index contributed by atoms with van der Waals surface area (Å²) in [7, 11) is 0. The maximum atomic E-state index is 3.79. The van der Waals surface area contributed by atoms with Gasteiger partial charge in [-0.2, -0.15) is 0 Å². The molecule has 2 aliphatic heterocycles. The first-order valence-electron chi connectivity index (χ1n) is 6.88. The van der Waals surface area contributed by atoms with Gasteiger partial charge in [0.1, 0.15) is 0 Å². The molecule has 0 aliphatic carbocycles. The monoisotopic (exact) mass is 250 g/mol. The first-order valence-corrected chi connectivity index (χ1v) is 7.70. The van der Waals surface area contributed by atoms with Gasteiger partial charge in [0, 0.05) is 28.9 Å². The highest BCUT2D eigenvalue weighted by Crippen LogP contribution is 2.27. The van der Waals surface area contributed by atoms with Gasteiger partial charge in [-0.05, 0) is 50.4 Å². The van der Waals surface area contributed by atoms with Gasteiger partial charge in [-0.15, -0.1) is 11.3 Å². The van der Waals surface area contributed by atoms with Crippen LogP contribution >= 0.6 is 11.3 Å². The number of fused-ring (bicyclic) bond motifs is 2. The summed E-state index contributed by atoms with van der Waals surface area (Å²) in [5, 5.41) is 3.79. The number of rotatable bonds is 4. The van der Waals surface area contributed by atoms with E-state index in [0.717, 1.165) is 18.5 Å². The van der Waals surface area contributed by atoms with Crippen LogP contribution in [0, 0.1) is 5.92 Å². The van der Waals surface area contributed by atoms with Crippen molar-refractivity contribution < 1.29 is 0 Å². The summed E-state index contributed by atoms with van der Waals surface area (Å²) < 4.78 is 0. The highest BCUT2D eigenvalue weighted by atomic mass is 32.1. The summed E-state index contributed by atoms with van der Waals surface area (Å²) in [6, 6.07) is 5.33. The molecule has 3 rings (SSSR count). The van der Waals surface area contributed by atoms with E-state index in [1.807, 2.05) is 11.3 Å². The molecule has 3 atom stereocenters. The smallest absolute Gasteiger partial charge is 0.0302 e. The lowest BCUT2D eigenvalue weighted by Gasteiger charge is -2.31. The Bertz CT molecular complexity index is 374. The van der Waals surface area contributed by atoms with Crippen molar-refractivity contribution in [1.29, 1.82) is 0 Å². The molecule has 0 radical (unpaired) electrons. The Kier molecular flexibility index (Phi) is 3.50. The molecule has 3 unspecified atom stereocenters. The third-order valence-corrected chi connectivity index (χ3v) is 5.47. The summed E-state index contributed by atoms with van der Waals surface area (Å²) in [6.07, 6.45) is 3.92. The Morgan fingerprint density at radius 3 is 2.94 bits per heavy atom. The average Bonchev–Trinajstić information content (AvgIpc) is 2.96. The Hall–Kier alpha value is -0.380. The van der Waals surface area contributed by atoms with Crippen LogP contribution in [-0.4, -0.2) is 30.6 Å². The molecule has 0 spiro atoms. The van der Waals surface area contributed by atoms with Crippen LogP contribution in [0.5, 0.6) is 0 Å². The third kappa shape index (κ3) is 2.56. The van der Waals surface area contributed by atoms with Gasteiger partial charge in [-0.1, -0.05) is 6.92 Å². The number of piperidine rings is 1. The fourth-order valence-corrected chi connectivity index (χ4v) is 4.07. The SMILES string of the molecule is CCc1ccc(CNC2CCN3CCC2C3)s1. The van der Waals surface area contributed by atoms with Crippen LogP contribution in [-0.2, 0) is 13.0 Å². The molecule has 0 aromatic carbocycles. The van der Waals surface area contributed by atoms with Crippen LogP contribution in [0.3, 0.4) is 0 Å². The van der Waals surface area contributed by atoms with Crippen LogP contribution in [0.1, 0.15) is 29.5 Å². The van der Waals surface area contributed by atoms with E-state index in [0.29, 0.717) is 0 Å². The van der Waals surface area contributed by atoms with Gasteiger partial charge in [-0.25, -0.2) is 0 Å². The van der Waals surface area contributed by atoms with E-state index >= 15 is 0 Å². The quantitative estimate of drug-likeness (QED) is 0.883. The summed E-state index contributed by atoms with van der Waals surface area (Å²) in [5.74, 6) is 0.911. The maximum absolute atomic E-state index is 3.79. The topological polar surface area (TPSA) is 15.3 Å². The van der Waals surface area contributed by atoms with Crippen LogP contribution < -0.4 is 5.32 Å².